The van der Waals surface area contributed by atoms with E-state index in [0.29, 0.717) is 26.9 Å². The van der Waals surface area contributed by atoms with Gasteiger partial charge in [0.25, 0.3) is 11.8 Å². The molecule has 138 valence electrons. The fourth-order valence-corrected chi connectivity index (χ4v) is 4.76. The zero-order chi connectivity index (χ0) is 18.7. The number of halogens is 1. The largest absolute Gasteiger partial charge is 0.496 e. The van der Waals surface area contributed by atoms with Gasteiger partial charge in [0.2, 0.25) is 0 Å². The van der Waals surface area contributed by atoms with Crippen molar-refractivity contribution in [1.82, 2.24) is 0 Å². The summed E-state index contributed by atoms with van der Waals surface area (Å²) in [5, 5.41) is 3.79. The van der Waals surface area contributed by atoms with Gasteiger partial charge in [0.05, 0.1) is 18.2 Å². The number of thiophene rings is 1. The van der Waals surface area contributed by atoms with E-state index in [1.165, 1.54) is 24.9 Å². The zero-order valence-electron chi connectivity index (χ0n) is 14.6. The Morgan fingerprint density at radius 2 is 1.92 bits per heavy atom. The second-order valence-corrected chi connectivity index (χ2v) is 7.83. The van der Waals surface area contributed by atoms with Gasteiger partial charge in [-0.05, 0) is 49.4 Å². The van der Waals surface area contributed by atoms with Crippen LogP contribution in [0.15, 0.2) is 18.2 Å². The number of carbonyl (C=O) groups excluding carboxylic acids is 2. The summed E-state index contributed by atoms with van der Waals surface area (Å²) in [6, 6.07) is 4.84. The van der Waals surface area contributed by atoms with Gasteiger partial charge in [-0.3, -0.25) is 9.59 Å². The SMILES string of the molecule is COc1ccc(Cl)cc1C(=O)Nc1sc2c(c1C(N)=O)CCCCCC2. The Morgan fingerprint density at radius 3 is 2.62 bits per heavy atom. The number of fused-ring (bicyclic) bond motifs is 1. The van der Waals surface area contributed by atoms with Gasteiger partial charge >= 0.3 is 0 Å². The molecule has 0 atom stereocenters. The number of methoxy groups -OCH3 is 1. The molecule has 1 aliphatic carbocycles. The van der Waals surface area contributed by atoms with Crippen molar-refractivity contribution >= 4 is 39.8 Å². The molecule has 5 nitrogen and oxygen atoms in total. The minimum absolute atomic E-state index is 0.316. The van der Waals surface area contributed by atoms with E-state index >= 15 is 0 Å². The average molecular weight is 393 g/mol. The second kappa shape index (κ2) is 8.10. The third-order valence-corrected chi connectivity index (χ3v) is 5.99. The minimum atomic E-state index is -0.503. The maximum atomic E-state index is 12.8. The van der Waals surface area contributed by atoms with Crippen molar-refractivity contribution < 1.29 is 14.3 Å². The Hall–Kier alpha value is -2.05. The molecule has 2 aromatic rings. The van der Waals surface area contributed by atoms with Crippen molar-refractivity contribution in [1.29, 1.82) is 0 Å². The van der Waals surface area contributed by atoms with E-state index in [1.54, 1.807) is 18.2 Å². The molecule has 0 bridgehead atoms. The first-order valence-corrected chi connectivity index (χ1v) is 9.80. The Morgan fingerprint density at radius 1 is 1.19 bits per heavy atom. The number of hydrogen-bond donors (Lipinski definition) is 2. The van der Waals surface area contributed by atoms with Crippen molar-refractivity contribution in [2.45, 2.75) is 38.5 Å². The number of nitrogens with one attached hydrogen (secondary N) is 1. The molecule has 0 radical (unpaired) electrons. The number of ether oxygens (including phenoxy) is 1. The van der Waals surface area contributed by atoms with Gasteiger partial charge in [0, 0.05) is 9.90 Å². The summed E-state index contributed by atoms with van der Waals surface area (Å²) in [7, 11) is 1.49. The highest BCUT2D eigenvalue weighted by atomic mass is 35.5. The molecular formula is C19H21ClN2O3S. The van der Waals surface area contributed by atoms with E-state index < -0.39 is 5.91 Å². The average Bonchev–Trinajstić information content (AvgIpc) is 2.91. The smallest absolute Gasteiger partial charge is 0.260 e. The van der Waals surface area contributed by atoms with Crippen molar-refractivity contribution in [2.75, 3.05) is 12.4 Å². The second-order valence-electron chi connectivity index (χ2n) is 6.29. The van der Waals surface area contributed by atoms with Crippen LogP contribution in [-0.2, 0) is 12.8 Å². The molecule has 0 saturated carbocycles. The number of carbonyl (C=O) groups is 2. The summed E-state index contributed by atoms with van der Waals surface area (Å²) in [4.78, 5) is 26.0. The molecule has 0 fully saturated rings. The quantitative estimate of drug-likeness (QED) is 0.807. The number of benzene rings is 1. The first-order chi connectivity index (χ1) is 12.5. The van der Waals surface area contributed by atoms with Crippen LogP contribution in [0.4, 0.5) is 5.00 Å². The van der Waals surface area contributed by atoms with Gasteiger partial charge in [0.1, 0.15) is 10.8 Å². The van der Waals surface area contributed by atoms with E-state index in [1.807, 2.05) is 0 Å². The molecule has 0 saturated heterocycles. The highest BCUT2D eigenvalue weighted by molar-refractivity contribution is 7.17. The normalized spacial score (nSPS) is 14.1. The Bertz CT molecular complexity index is 848. The molecule has 0 spiro atoms. The molecule has 2 amide bonds. The topological polar surface area (TPSA) is 81.4 Å². The Balaban J connectivity index is 1.97. The number of amides is 2. The van der Waals surface area contributed by atoms with E-state index in [9.17, 15) is 9.59 Å². The molecule has 0 unspecified atom stereocenters. The van der Waals surface area contributed by atoms with Gasteiger partial charge in [-0.15, -0.1) is 11.3 Å². The summed E-state index contributed by atoms with van der Waals surface area (Å²) in [6.07, 6.45) is 6.18. The van der Waals surface area contributed by atoms with Gasteiger partial charge < -0.3 is 15.8 Å². The van der Waals surface area contributed by atoms with Gasteiger partial charge in [0.15, 0.2) is 0 Å². The van der Waals surface area contributed by atoms with Crippen LogP contribution in [0.1, 0.15) is 56.8 Å². The number of nitrogens with two attached hydrogens (primary N) is 1. The maximum Gasteiger partial charge on any atom is 0.260 e. The molecule has 0 aliphatic heterocycles. The Kier molecular flexibility index (Phi) is 5.84. The minimum Gasteiger partial charge on any atom is -0.496 e. The highest BCUT2D eigenvalue weighted by Gasteiger charge is 2.25. The fraction of sp³-hybridized carbons (Fsp3) is 0.368. The van der Waals surface area contributed by atoms with Gasteiger partial charge in [-0.1, -0.05) is 24.4 Å². The van der Waals surface area contributed by atoms with E-state index in [0.717, 1.165) is 42.5 Å². The Labute approximate surface area is 161 Å². The standard InChI is InChI=1S/C19H21ClN2O3S/c1-25-14-9-8-11(20)10-13(14)18(24)22-19-16(17(21)23)12-6-4-2-3-5-7-15(12)26-19/h8-10H,2-7H2,1H3,(H2,21,23)(H,22,24). The van der Waals surface area contributed by atoms with Crippen LogP contribution >= 0.6 is 22.9 Å². The summed E-state index contributed by atoms with van der Waals surface area (Å²) >= 11 is 7.46. The van der Waals surface area contributed by atoms with Crippen LogP contribution in [0.25, 0.3) is 0 Å². The lowest BCUT2D eigenvalue weighted by Gasteiger charge is -2.11. The summed E-state index contributed by atoms with van der Waals surface area (Å²) < 4.78 is 5.24. The van der Waals surface area contributed by atoms with Crippen LogP contribution in [0.3, 0.4) is 0 Å². The number of hydrogen-bond acceptors (Lipinski definition) is 4. The first kappa shape index (κ1) is 18.7. The van der Waals surface area contributed by atoms with E-state index in [2.05, 4.69) is 5.32 Å². The predicted molar refractivity (Wildman–Crippen MR) is 105 cm³/mol. The number of primary amides is 1. The van der Waals surface area contributed by atoms with Crippen LogP contribution in [0.5, 0.6) is 5.75 Å². The lowest BCUT2D eigenvalue weighted by molar-refractivity contribution is 0.100. The van der Waals surface area contributed by atoms with Crippen LogP contribution in [-0.4, -0.2) is 18.9 Å². The first-order valence-electron chi connectivity index (χ1n) is 8.60. The molecule has 1 aliphatic rings. The number of aryl methyl sites for hydroxylation is 1. The molecule has 3 N–H and O–H groups in total. The fourth-order valence-electron chi connectivity index (χ4n) is 3.30. The van der Waals surface area contributed by atoms with Crippen molar-refractivity contribution in [2.24, 2.45) is 5.73 Å². The van der Waals surface area contributed by atoms with Crippen molar-refractivity contribution in [3.05, 3.63) is 44.8 Å². The third kappa shape index (κ3) is 3.86. The lowest BCUT2D eigenvalue weighted by atomic mass is 9.96. The summed E-state index contributed by atoms with van der Waals surface area (Å²) in [5.41, 5.74) is 7.40. The summed E-state index contributed by atoms with van der Waals surface area (Å²) in [6.45, 7) is 0. The molecule has 1 aromatic heterocycles. The van der Waals surface area contributed by atoms with Gasteiger partial charge in [-0.25, -0.2) is 0 Å². The number of anilines is 1. The highest BCUT2D eigenvalue weighted by Crippen LogP contribution is 2.37. The molecular weight excluding hydrogens is 372 g/mol. The molecule has 7 heteroatoms. The van der Waals surface area contributed by atoms with E-state index in [4.69, 9.17) is 22.1 Å². The van der Waals surface area contributed by atoms with Crippen LogP contribution < -0.4 is 15.8 Å². The lowest BCUT2D eigenvalue weighted by Crippen LogP contribution is -2.18. The van der Waals surface area contributed by atoms with Crippen LogP contribution in [0, 0.1) is 0 Å². The predicted octanol–water partition coefficient (Wildman–Crippen LogP) is 4.42. The van der Waals surface area contributed by atoms with Crippen molar-refractivity contribution in [3.63, 3.8) is 0 Å². The summed E-state index contributed by atoms with van der Waals surface area (Å²) in [5.74, 6) is -0.458. The monoisotopic (exact) mass is 392 g/mol. The van der Waals surface area contributed by atoms with Crippen LogP contribution in [0.2, 0.25) is 5.02 Å². The van der Waals surface area contributed by atoms with E-state index in [-0.39, 0.29) is 5.91 Å². The zero-order valence-corrected chi connectivity index (χ0v) is 16.1. The molecule has 26 heavy (non-hydrogen) atoms. The maximum absolute atomic E-state index is 12.8. The van der Waals surface area contributed by atoms with Crippen molar-refractivity contribution in [3.8, 4) is 5.75 Å². The molecule has 1 aromatic carbocycles. The van der Waals surface area contributed by atoms with Gasteiger partial charge in [-0.2, -0.15) is 0 Å². The molecule has 3 rings (SSSR count). The molecule has 1 heterocycles. The number of rotatable bonds is 4. The third-order valence-electron chi connectivity index (χ3n) is 4.55.